The molecular formula is C38H29N5. The van der Waals surface area contributed by atoms with Crippen molar-refractivity contribution in [1.82, 2.24) is 14.8 Å². The summed E-state index contributed by atoms with van der Waals surface area (Å²) in [6.45, 7) is 0. The molecule has 0 saturated heterocycles. The number of hydrogen-bond acceptors (Lipinski definition) is 4. The molecule has 2 aliphatic rings. The van der Waals surface area contributed by atoms with Crippen LogP contribution in [0.15, 0.2) is 152 Å². The lowest BCUT2D eigenvalue weighted by atomic mass is 10.0. The number of para-hydroxylation sites is 5. The predicted molar refractivity (Wildman–Crippen MR) is 176 cm³/mol. The van der Waals surface area contributed by atoms with Crippen LogP contribution in [0.3, 0.4) is 0 Å². The van der Waals surface area contributed by atoms with Crippen LogP contribution in [0, 0.1) is 0 Å². The maximum atomic E-state index is 4.70. The Hall–Kier alpha value is -5.68. The molecule has 1 aliphatic heterocycles. The average molecular weight is 556 g/mol. The summed E-state index contributed by atoms with van der Waals surface area (Å²) in [5.74, 6) is 1.73. The van der Waals surface area contributed by atoms with Crippen LogP contribution in [0.4, 0.5) is 34.1 Å². The molecule has 1 aromatic heterocycles. The summed E-state index contributed by atoms with van der Waals surface area (Å²) in [5.41, 5.74) is 10.0. The van der Waals surface area contributed by atoms with Gasteiger partial charge in [-0.1, -0.05) is 91.0 Å². The van der Waals surface area contributed by atoms with Crippen LogP contribution in [0.1, 0.15) is 18.7 Å². The minimum Gasteiger partial charge on any atom is -0.306 e. The van der Waals surface area contributed by atoms with E-state index >= 15 is 0 Å². The van der Waals surface area contributed by atoms with Crippen molar-refractivity contribution >= 4 is 39.7 Å². The van der Waals surface area contributed by atoms with E-state index in [4.69, 9.17) is 5.10 Å². The van der Waals surface area contributed by atoms with E-state index in [9.17, 15) is 0 Å². The SMILES string of the molecule is C1=CCCC(c2nnc(-c3ccccc3)n2-c2ccc(N3c4ccccc4N(c4ccccc4)c4ccccc43)cc2)=C1. The van der Waals surface area contributed by atoms with Crippen LogP contribution in [0.2, 0.25) is 0 Å². The molecule has 0 N–H and O–H groups in total. The van der Waals surface area contributed by atoms with E-state index in [0.29, 0.717) is 0 Å². The lowest BCUT2D eigenvalue weighted by Gasteiger charge is -2.40. The normalized spacial score (nSPS) is 13.8. The van der Waals surface area contributed by atoms with Crippen LogP contribution in [-0.4, -0.2) is 14.8 Å². The third-order valence-electron chi connectivity index (χ3n) is 8.10. The molecule has 6 aromatic rings. The molecule has 0 spiro atoms. The van der Waals surface area contributed by atoms with Crippen LogP contribution in [-0.2, 0) is 0 Å². The van der Waals surface area contributed by atoms with E-state index in [1.165, 1.54) is 5.57 Å². The molecule has 0 unspecified atom stereocenters. The first-order chi connectivity index (χ1) is 21.4. The average Bonchev–Trinajstić information content (AvgIpc) is 3.54. The Morgan fingerprint density at radius 2 is 0.953 bits per heavy atom. The van der Waals surface area contributed by atoms with Crippen molar-refractivity contribution in [2.45, 2.75) is 12.8 Å². The fourth-order valence-electron chi connectivity index (χ4n) is 6.13. The van der Waals surface area contributed by atoms with E-state index in [-0.39, 0.29) is 0 Å². The quantitative estimate of drug-likeness (QED) is 0.212. The number of rotatable bonds is 5. The summed E-state index contributed by atoms with van der Waals surface area (Å²) in [5, 5.41) is 9.38. The fraction of sp³-hybridized carbons (Fsp3) is 0.0526. The van der Waals surface area contributed by atoms with E-state index in [1.807, 2.05) is 18.2 Å². The maximum Gasteiger partial charge on any atom is 0.168 e. The van der Waals surface area contributed by atoms with Gasteiger partial charge in [-0.3, -0.25) is 4.57 Å². The van der Waals surface area contributed by atoms with Crippen molar-refractivity contribution in [3.63, 3.8) is 0 Å². The Balaban J connectivity index is 1.26. The van der Waals surface area contributed by atoms with E-state index in [2.05, 4.69) is 153 Å². The standard InChI is InChI=1S/C38H29N5/c1-4-14-28(15-5-1)37-39-40-38(29-16-6-2-7-17-29)43(37)32-26-24-31(25-27-32)42-35-22-12-10-20-33(35)41(30-18-8-3-9-19-30)34-21-11-13-23-36(34)42/h1-6,8-16,18-27H,7,17H2. The van der Waals surface area contributed by atoms with E-state index < -0.39 is 0 Å². The molecule has 0 saturated carbocycles. The second-order valence-electron chi connectivity index (χ2n) is 10.7. The van der Waals surface area contributed by atoms with Gasteiger partial charge in [0.2, 0.25) is 0 Å². The Morgan fingerprint density at radius 1 is 0.465 bits per heavy atom. The summed E-state index contributed by atoms with van der Waals surface area (Å²) in [6.07, 6.45) is 8.43. The zero-order valence-electron chi connectivity index (χ0n) is 23.6. The number of nitrogens with zero attached hydrogens (tertiary/aromatic N) is 5. The maximum absolute atomic E-state index is 4.70. The number of fused-ring (bicyclic) bond motifs is 2. The number of benzene rings is 5. The minimum atomic E-state index is 0.839. The van der Waals surface area contributed by atoms with Gasteiger partial charge in [0.05, 0.1) is 22.7 Å². The van der Waals surface area contributed by atoms with Gasteiger partial charge in [-0.2, -0.15) is 0 Å². The molecule has 0 radical (unpaired) electrons. The third kappa shape index (κ3) is 4.34. The highest BCUT2D eigenvalue weighted by atomic mass is 15.3. The zero-order chi connectivity index (χ0) is 28.6. The zero-order valence-corrected chi connectivity index (χ0v) is 23.6. The van der Waals surface area contributed by atoms with Gasteiger partial charge in [0, 0.05) is 22.6 Å². The minimum absolute atomic E-state index is 0.839. The van der Waals surface area contributed by atoms with Gasteiger partial charge in [0.1, 0.15) is 0 Å². The van der Waals surface area contributed by atoms with Crippen molar-refractivity contribution in [3.8, 4) is 17.1 Å². The molecule has 2 heterocycles. The van der Waals surface area contributed by atoms with Gasteiger partial charge >= 0.3 is 0 Å². The topological polar surface area (TPSA) is 37.2 Å². The molecule has 5 heteroatoms. The fourth-order valence-corrected chi connectivity index (χ4v) is 6.13. The Bertz CT molecular complexity index is 1920. The monoisotopic (exact) mass is 555 g/mol. The summed E-state index contributed by atoms with van der Waals surface area (Å²) >= 11 is 0. The van der Waals surface area contributed by atoms with Crippen molar-refractivity contribution in [2.24, 2.45) is 0 Å². The first-order valence-electron chi connectivity index (χ1n) is 14.7. The number of aromatic nitrogens is 3. The van der Waals surface area contributed by atoms with Gasteiger partial charge in [0.25, 0.3) is 0 Å². The Morgan fingerprint density at radius 3 is 1.51 bits per heavy atom. The molecule has 1 aliphatic carbocycles. The predicted octanol–water partition coefficient (Wildman–Crippen LogP) is 9.92. The highest BCUT2D eigenvalue weighted by Gasteiger charge is 2.30. The molecule has 5 nitrogen and oxygen atoms in total. The van der Waals surface area contributed by atoms with Gasteiger partial charge < -0.3 is 9.80 Å². The van der Waals surface area contributed by atoms with Gasteiger partial charge in [-0.05, 0) is 79.1 Å². The first-order valence-corrected chi connectivity index (χ1v) is 14.7. The Kier molecular flexibility index (Phi) is 6.19. The van der Waals surface area contributed by atoms with Gasteiger partial charge in [0.15, 0.2) is 11.6 Å². The summed E-state index contributed by atoms with van der Waals surface area (Å²) in [6, 6.07) is 46.9. The van der Waals surface area contributed by atoms with Gasteiger partial charge in [-0.25, -0.2) is 0 Å². The van der Waals surface area contributed by atoms with E-state index in [1.54, 1.807) is 0 Å². The second-order valence-corrected chi connectivity index (χ2v) is 10.7. The molecule has 206 valence electrons. The molecule has 5 aromatic carbocycles. The lowest BCUT2D eigenvalue weighted by Crippen LogP contribution is -2.23. The Labute approximate surface area is 251 Å². The van der Waals surface area contributed by atoms with Crippen LogP contribution in [0.25, 0.3) is 22.6 Å². The number of hydrogen-bond donors (Lipinski definition) is 0. The van der Waals surface area contributed by atoms with E-state index in [0.717, 1.165) is 69.9 Å². The van der Waals surface area contributed by atoms with Crippen LogP contribution < -0.4 is 9.80 Å². The highest BCUT2D eigenvalue weighted by molar-refractivity contribution is 6.01. The summed E-state index contributed by atoms with van der Waals surface area (Å²) < 4.78 is 2.19. The lowest BCUT2D eigenvalue weighted by molar-refractivity contribution is 0.964. The third-order valence-corrected chi connectivity index (χ3v) is 8.10. The second kappa shape index (κ2) is 10.6. The summed E-state index contributed by atoms with van der Waals surface area (Å²) in [4.78, 5) is 4.70. The molecule has 8 rings (SSSR count). The van der Waals surface area contributed by atoms with Crippen LogP contribution >= 0.6 is 0 Å². The number of anilines is 6. The molecular weight excluding hydrogens is 526 g/mol. The largest absolute Gasteiger partial charge is 0.306 e. The van der Waals surface area contributed by atoms with Crippen molar-refractivity contribution in [3.05, 3.63) is 158 Å². The molecule has 0 atom stereocenters. The van der Waals surface area contributed by atoms with Crippen molar-refractivity contribution in [2.75, 3.05) is 9.80 Å². The van der Waals surface area contributed by atoms with Crippen molar-refractivity contribution < 1.29 is 0 Å². The number of allylic oxidation sites excluding steroid dienone is 4. The van der Waals surface area contributed by atoms with Crippen LogP contribution in [0.5, 0.6) is 0 Å². The highest BCUT2D eigenvalue weighted by Crippen LogP contribution is 2.53. The summed E-state index contributed by atoms with van der Waals surface area (Å²) in [7, 11) is 0. The first kappa shape index (κ1) is 25.1. The smallest absolute Gasteiger partial charge is 0.168 e. The van der Waals surface area contributed by atoms with Crippen molar-refractivity contribution in [1.29, 1.82) is 0 Å². The molecule has 0 amide bonds. The molecule has 0 fully saturated rings. The van der Waals surface area contributed by atoms with Gasteiger partial charge in [-0.15, -0.1) is 10.2 Å². The molecule has 0 bridgehead atoms. The molecule has 43 heavy (non-hydrogen) atoms.